The van der Waals surface area contributed by atoms with Crippen LogP contribution in [0.3, 0.4) is 0 Å². The molecule has 0 aliphatic carbocycles. The minimum atomic E-state index is -1.41. The van der Waals surface area contributed by atoms with E-state index in [0.717, 1.165) is 6.07 Å². The van der Waals surface area contributed by atoms with Gasteiger partial charge in [0.25, 0.3) is 5.69 Å². The molecule has 1 aliphatic heterocycles. The van der Waals surface area contributed by atoms with E-state index >= 15 is 0 Å². The summed E-state index contributed by atoms with van der Waals surface area (Å²) >= 11 is 0. The largest absolute Gasteiger partial charge is 0.313 e. The second-order valence-corrected chi connectivity index (χ2v) is 3.57. The normalized spacial score (nSPS) is 18.1. The summed E-state index contributed by atoms with van der Waals surface area (Å²) < 4.78 is 0. The van der Waals surface area contributed by atoms with Crippen LogP contribution in [-0.2, 0) is 11.2 Å². The van der Waals surface area contributed by atoms with Gasteiger partial charge in [0.05, 0.1) is 21.8 Å². The van der Waals surface area contributed by atoms with E-state index in [1.807, 2.05) is 0 Å². The molecule has 2 rings (SSSR count). The van der Waals surface area contributed by atoms with Crippen LogP contribution >= 0.6 is 0 Å². The van der Waals surface area contributed by atoms with Crippen LogP contribution in [0.25, 0.3) is 0 Å². The van der Waals surface area contributed by atoms with Gasteiger partial charge in [0.1, 0.15) is 0 Å². The third-order valence-corrected chi connectivity index (χ3v) is 2.49. The van der Waals surface area contributed by atoms with E-state index in [-0.39, 0.29) is 17.7 Å². The average Bonchev–Trinajstić information content (AvgIpc) is 2.26. The number of rotatable bonds is 2. The number of carbonyl (C=O) groups is 1. The molecule has 0 radical (unpaired) electrons. The number of carbonyl (C=O) groups excluding carboxylic acids is 1. The van der Waals surface area contributed by atoms with Crippen molar-refractivity contribution in [1.82, 2.24) is 5.32 Å². The predicted octanol–water partition coefficient (Wildman–Crippen LogP) is 0.542. The molecule has 88 valence electrons. The van der Waals surface area contributed by atoms with Crippen LogP contribution in [-0.4, -0.2) is 15.8 Å². The second-order valence-electron chi connectivity index (χ2n) is 3.57. The van der Waals surface area contributed by atoms with Gasteiger partial charge in [0.15, 0.2) is 0 Å². The molecule has 0 saturated heterocycles. The molecule has 0 fully saturated rings. The fourth-order valence-corrected chi connectivity index (χ4v) is 1.73. The van der Waals surface area contributed by atoms with Gasteiger partial charge in [-0.2, -0.15) is 0 Å². The van der Waals surface area contributed by atoms with Crippen molar-refractivity contribution in [2.75, 3.05) is 0 Å². The van der Waals surface area contributed by atoms with Crippen molar-refractivity contribution in [2.45, 2.75) is 12.6 Å². The van der Waals surface area contributed by atoms with Gasteiger partial charge in [-0.1, -0.05) is 6.07 Å². The lowest BCUT2D eigenvalue weighted by molar-refractivity contribution is -0.534. The van der Waals surface area contributed by atoms with Gasteiger partial charge in [-0.15, -0.1) is 0 Å². The van der Waals surface area contributed by atoms with E-state index in [4.69, 9.17) is 0 Å². The van der Waals surface area contributed by atoms with Gasteiger partial charge in [0.2, 0.25) is 5.91 Å². The highest BCUT2D eigenvalue weighted by molar-refractivity contribution is 5.81. The number of hydrogen-bond donors (Lipinski definition) is 1. The standard InChI is InChI=1S/C9H7N3O5/c13-8-3-5-1-2-6(11(14)15)4-7(5)9(10-8)12(16)17/h1-2,4,9H,3H2,(H,10,13). The van der Waals surface area contributed by atoms with Gasteiger partial charge in [-0.25, -0.2) is 0 Å². The predicted molar refractivity (Wildman–Crippen MR) is 54.7 cm³/mol. The van der Waals surface area contributed by atoms with Crippen LogP contribution in [0.15, 0.2) is 18.2 Å². The maximum absolute atomic E-state index is 11.2. The summed E-state index contributed by atoms with van der Waals surface area (Å²) in [6.45, 7) is 0. The Labute approximate surface area is 94.5 Å². The number of amides is 1. The SMILES string of the molecule is O=C1Cc2ccc([N+](=O)[O-])cc2C([N+](=O)[O-])N1. The molecule has 1 N–H and O–H groups in total. The highest BCUT2D eigenvalue weighted by atomic mass is 16.6. The first-order valence-electron chi connectivity index (χ1n) is 4.69. The molecule has 1 unspecified atom stereocenters. The van der Waals surface area contributed by atoms with Crippen LogP contribution in [0.4, 0.5) is 5.69 Å². The van der Waals surface area contributed by atoms with E-state index < -0.39 is 21.9 Å². The van der Waals surface area contributed by atoms with Crippen molar-refractivity contribution >= 4 is 11.6 Å². The second kappa shape index (κ2) is 3.81. The maximum Gasteiger partial charge on any atom is 0.313 e. The number of nitro benzene ring substituents is 1. The van der Waals surface area contributed by atoms with Crippen LogP contribution in [0.1, 0.15) is 17.3 Å². The number of non-ortho nitro benzene ring substituents is 1. The maximum atomic E-state index is 11.2. The third-order valence-electron chi connectivity index (χ3n) is 2.49. The zero-order valence-corrected chi connectivity index (χ0v) is 8.45. The van der Waals surface area contributed by atoms with E-state index in [9.17, 15) is 25.0 Å². The molecule has 1 heterocycles. The molecule has 1 aromatic rings. The first kappa shape index (κ1) is 11.0. The Hall–Kier alpha value is -2.51. The highest BCUT2D eigenvalue weighted by Crippen LogP contribution is 2.27. The fraction of sp³-hybridized carbons (Fsp3) is 0.222. The number of hydrogen-bond acceptors (Lipinski definition) is 5. The summed E-state index contributed by atoms with van der Waals surface area (Å²) in [4.78, 5) is 31.2. The van der Waals surface area contributed by atoms with Crippen LogP contribution in [0.5, 0.6) is 0 Å². The Morgan fingerprint density at radius 2 is 2.00 bits per heavy atom. The Morgan fingerprint density at radius 1 is 1.29 bits per heavy atom. The fourth-order valence-electron chi connectivity index (χ4n) is 1.73. The quantitative estimate of drug-likeness (QED) is 0.595. The molecule has 1 amide bonds. The Morgan fingerprint density at radius 3 is 2.59 bits per heavy atom. The van der Waals surface area contributed by atoms with Crippen molar-refractivity contribution in [1.29, 1.82) is 0 Å². The lowest BCUT2D eigenvalue weighted by Gasteiger charge is -2.19. The molecule has 0 saturated carbocycles. The first-order valence-corrected chi connectivity index (χ1v) is 4.69. The van der Waals surface area contributed by atoms with E-state index in [0.29, 0.717) is 5.56 Å². The van der Waals surface area contributed by atoms with Crippen LogP contribution < -0.4 is 5.32 Å². The van der Waals surface area contributed by atoms with Crippen molar-refractivity contribution in [3.63, 3.8) is 0 Å². The minimum absolute atomic E-state index is 0.00231. The van der Waals surface area contributed by atoms with Gasteiger partial charge >= 0.3 is 6.17 Å². The van der Waals surface area contributed by atoms with Crippen molar-refractivity contribution < 1.29 is 14.6 Å². The topological polar surface area (TPSA) is 115 Å². The Bertz CT molecular complexity index is 527. The molecular formula is C9H7N3O5. The molecule has 1 aromatic carbocycles. The summed E-state index contributed by atoms with van der Waals surface area (Å²) in [6, 6.07) is 3.74. The van der Waals surface area contributed by atoms with Crippen LogP contribution in [0.2, 0.25) is 0 Å². The van der Waals surface area contributed by atoms with Crippen molar-refractivity contribution in [3.8, 4) is 0 Å². The Kier molecular flexibility index (Phi) is 2.47. The summed E-state index contributed by atoms with van der Waals surface area (Å²) in [6.07, 6.45) is -1.41. The third kappa shape index (κ3) is 1.92. The first-order chi connectivity index (χ1) is 7.99. The van der Waals surface area contributed by atoms with Gasteiger partial charge in [-0.05, 0) is 5.56 Å². The Balaban J connectivity index is 2.53. The van der Waals surface area contributed by atoms with Crippen molar-refractivity contribution in [2.24, 2.45) is 0 Å². The minimum Gasteiger partial charge on any atom is -0.290 e. The number of fused-ring (bicyclic) bond motifs is 1. The molecule has 0 aromatic heterocycles. The summed E-state index contributed by atoms with van der Waals surface area (Å²) in [5.41, 5.74) is 0.386. The highest BCUT2D eigenvalue weighted by Gasteiger charge is 2.33. The zero-order valence-electron chi connectivity index (χ0n) is 8.45. The molecule has 1 atom stereocenters. The molecule has 1 aliphatic rings. The number of nitrogens with zero attached hydrogens (tertiary/aromatic N) is 2. The summed E-state index contributed by atoms with van der Waals surface area (Å²) in [7, 11) is 0. The molecule has 8 heteroatoms. The molecule has 0 bridgehead atoms. The number of nitrogens with one attached hydrogen (secondary N) is 1. The van der Waals surface area contributed by atoms with Crippen molar-refractivity contribution in [3.05, 3.63) is 49.6 Å². The summed E-state index contributed by atoms with van der Waals surface area (Å²) in [5, 5.41) is 23.5. The zero-order chi connectivity index (χ0) is 12.6. The van der Waals surface area contributed by atoms with Gasteiger partial charge in [-0.3, -0.25) is 30.3 Å². The molecule has 17 heavy (non-hydrogen) atoms. The van der Waals surface area contributed by atoms with E-state index in [1.54, 1.807) is 0 Å². The smallest absolute Gasteiger partial charge is 0.290 e. The lowest BCUT2D eigenvalue weighted by atomic mass is 9.97. The van der Waals surface area contributed by atoms with E-state index in [1.165, 1.54) is 12.1 Å². The molecular weight excluding hydrogens is 230 g/mol. The number of nitro groups is 2. The van der Waals surface area contributed by atoms with E-state index in [2.05, 4.69) is 5.32 Å². The monoisotopic (exact) mass is 237 g/mol. The van der Waals surface area contributed by atoms with Gasteiger partial charge < -0.3 is 0 Å². The molecule has 8 nitrogen and oxygen atoms in total. The molecule has 0 spiro atoms. The summed E-state index contributed by atoms with van der Waals surface area (Å²) in [5.74, 6) is -0.465. The van der Waals surface area contributed by atoms with Gasteiger partial charge in [0, 0.05) is 12.1 Å². The van der Waals surface area contributed by atoms with Crippen LogP contribution in [0, 0.1) is 20.2 Å². The number of benzene rings is 1. The average molecular weight is 237 g/mol. The lowest BCUT2D eigenvalue weighted by Crippen LogP contribution is -2.39.